The molecule has 2 aliphatic rings. The summed E-state index contributed by atoms with van der Waals surface area (Å²) in [4.78, 5) is 0. The molecule has 2 nitrogen and oxygen atoms in total. The van der Waals surface area contributed by atoms with Crippen LogP contribution < -0.4 is 5.32 Å². The average molecular weight is 305 g/mol. The lowest BCUT2D eigenvalue weighted by Crippen LogP contribution is -2.41. The fraction of sp³-hybridized carbons (Fsp3) is 0.667. The molecule has 2 fully saturated rings. The summed E-state index contributed by atoms with van der Waals surface area (Å²) < 4.78 is 5.50. The van der Waals surface area contributed by atoms with Crippen LogP contribution in [0.1, 0.15) is 43.6 Å². The molecule has 3 unspecified atom stereocenters. The molecule has 0 spiro atoms. The van der Waals surface area contributed by atoms with Crippen LogP contribution >= 0.6 is 11.8 Å². The lowest BCUT2D eigenvalue weighted by atomic mass is 9.81. The van der Waals surface area contributed by atoms with Gasteiger partial charge in [-0.15, -0.1) is 0 Å². The van der Waals surface area contributed by atoms with Crippen molar-refractivity contribution >= 4 is 11.8 Å². The van der Waals surface area contributed by atoms with E-state index in [9.17, 15) is 0 Å². The molecule has 1 aliphatic carbocycles. The summed E-state index contributed by atoms with van der Waals surface area (Å²) in [5.41, 5.74) is 1.53. The third-order valence-corrected chi connectivity index (χ3v) is 6.70. The fourth-order valence-electron chi connectivity index (χ4n) is 3.70. The second-order valence-corrected chi connectivity index (χ2v) is 7.85. The summed E-state index contributed by atoms with van der Waals surface area (Å²) in [5, 5.41) is 5.11. The largest absolute Gasteiger partial charge is 0.381 e. The molecular formula is C18H27NOS. The Hall–Kier alpha value is -0.510. The molecule has 1 aromatic rings. The van der Waals surface area contributed by atoms with E-state index in [2.05, 4.69) is 54.5 Å². The van der Waals surface area contributed by atoms with Gasteiger partial charge in [-0.3, -0.25) is 0 Å². The summed E-state index contributed by atoms with van der Waals surface area (Å²) in [5.74, 6) is 0.744. The van der Waals surface area contributed by atoms with Gasteiger partial charge in [0.05, 0.1) is 0 Å². The Morgan fingerprint density at radius 2 is 1.81 bits per heavy atom. The quantitative estimate of drug-likeness (QED) is 0.913. The zero-order valence-electron chi connectivity index (χ0n) is 13.0. The highest BCUT2D eigenvalue weighted by molar-refractivity contribution is 8.00. The van der Waals surface area contributed by atoms with Crippen molar-refractivity contribution in [3.8, 4) is 0 Å². The van der Waals surface area contributed by atoms with E-state index < -0.39 is 0 Å². The smallest absolute Gasteiger partial charge is 0.0476 e. The van der Waals surface area contributed by atoms with E-state index in [0.29, 0.717) is 6.04 Å². The number of nitrogens with one attached hydrogen (secondary N) is 1. The van der Waals surface area contributed by atoms with E-state index in [0.717, 1.165) is 29.6 Å². The summed E-state index contributed by atoms with van der Waals surface area (Å²) in [6.45, 7) is 1.91. The van der Waals surface area contributed by atoms with Crippen molar-refractivity contribution in [3.63, 3.8) is 0 Å². The first-order chi connectivity index (χ1) is 10.4. The zero-order chi connectivity index (χ0) is 14.5. The molecule has 1 aliphatic heterocycles. The maximum absolute atomic E-state index is 5.50. The summed E-state index contributed by atoms with van der Waals surface area (Å²) in [6.07, 6.45) is 6.40. The van der Waals surface area contributed by atoms with Gasteiger partial charge >= 0.3 is 0 Å². The van der Waals surface area contributed by atoms with Gasteiger partial charge in [-0.05, 0) is 50.6 Å². The number of hydrogen-bond donors (Lipinski definition) is 1. The van der Waals surface area contributed by atoms with Crippen molar-refractivity contribution in [1.82, 2.24) is 5.32 Å². The number of benzene rings is 1. The Kier molecular flexibility index (Phi) is 5.61. The molecule has 0 amide bonds. The van der Waals surface area contributed by atoms with E-state index in [1.165, 1.54) is 37.7 Å². The molecule has 0 bridgehead atoms. The Bertz CT molecular complexity index is 418. The van der Waals surface area contributed by atoms with Crippen molar-refractivity contribution in [2.24, 2.45) is 0 Å². The second-order valence-electron chi connectivity index (χ2n) is 6.30. The van der Waals surface area contributed by atoms with Crippen molar-refractivity contribution in [3.05, 3.63) is 35.9 Å². The molecule has 1 heterocycles. The molecule has 1 aromatic carbocycles. The molecule has 116 valence electrons. The fourth-order valence-corrected chi connectivity index (χ4v) is 5.46. The molecule has 3 heteroatoms. The SMILES string of the molecule is CNC1CCC(c2ccccc2)CC1SC1CCOCC1. The predicted octanol–water partition coefficient (Wildman–Crippen LogP) is 3.82. The average Bonchev–Trinajstić information content (AvgIpc) is 2.56. The molecule has 1 saturated carbocycles. The molecule has 3 atom stereocenters. The standard InChI is InChI=1S/C18H27NOS/c1-19-17-8-7-15(14-5-3-2-4-6-14)13-18(17)21-16-9-11-20-12-10-16/h2-6,15-19H,7-13H2,1H3. The number of rotatable bonds is 4. The minimum Gasteiger partial charge on any atom is -0.381 e. The van der Waals surface area contributed by atoms with Crippen LogP contribution in [0.2, 0.25) is 0 Å². The van der Waals surface area contributed by atoms with Gasteiger partial charge in [0, 0.05) is 29.8 Å². The van der Waals surface area contributed by atoms with Crippen LogP contribution in [-0.2, 0) is 4.74 Å². The van der Waals surface area contributed by atoms with E-state index in [1.54, 1.807) is 0 Å². The van der Waals surface area contributed by atoms with Gasteiger partial charge in [-0.2, -0.15) is 11.8 Å². The monoisotopic (exact) mass is 305 g/mol. The van der Waals surface area contributed by atoms with Gasteiger partial charge in [-0.1, -0.05) is 30.3 Å². The molecule has 0 radical (unpaired) electrons. The minimum atomic E-state index is 0.679. The maximum Gasteiger partial charge on any atom is 0.0476 e. The van der Waals surface area contributed by atoms with Crippen LogP contribution in [0.3, 0.4) is 0 Å². The van der Waals surface area contributed by atoms with Crippen LogP contribution in [0.25, 0.3) is 0 Å². The van der Waals surface area contributed by atoms with E-state index in [1.807, 2.05) is 0 Å². The third-order valence-electron chi connectivity index (χ3n) is 4.97. The highest BCUT2D eigenvalue weighted by atomic mass is 32.2. The summed E-state index contributed by atoms with van der Waals surface area (Å²) in [6, 6.07) is 11.8. The van der Waals surface area contributed by atoms with Crippen molar-refractivity contribution in [2.45, 2.75) is 54.6 Å². The Morgan fingerprint density at radius 3 is 2.52 bits per heavy atom. The molecular weight excluding hydrogens is 278 g/mol. The predicted molar refractivity (Wildman–Crippen MR) is 91.1 cm³/mol. The van der Waals surface area contributed by atoms with E-state index in [-0.39, 0.29) is 0 Å². The van der Waals surface area contributed by atoms with Crippen LogP contribution in [0.5, 0.6) is 0 Å². The van der Waals surface area contributed by atoms with Crippen LogP contribution in [0.4, 0.5) is 0 Å². The first kappa shape index (κ1) is 15.4. The van der Waals surface area contributed by atoms with Crippen LogP contribution in [0.15, 0.2) is 30.3 Å². The molecule has 1 saturated heterocycles. The highest BCUT2D eigenvalue weighted by Gasteiger charge is 2.32. The topological polar surface area (TPSA) is 21.3 Å². The molecule has 0 aromatic heterocycles. The van der Waals surface area contributed by atoms with Gasteiger partial charge < -0.3 is 10.1 Å². The van der Waals surface area contributed by atoms with Gasteiger partial charge in [0.25, 0.3) is 0 Å². The van der Waals surface area contributed by atoms with Crippen molar-refractivity contribution < 1.29 is 4.74 Å². The zero-order valence-corrected chi connectivity index (χ0v) is 13.8. The first-order valence-corrected chi connectivity index (χ1v) is 9.26. The van der Waals surface area contributed by atoms with E-state index >= 15 is 0 Å². The van der Waals surface area contributed by atoms with Gasteiger partial charge in [0.2, 0.25) is 0 Å². The van der Waals surface area contributed by atoms with Crippen LogP contribution in [-0.4, -0.2) is 36.8 Å². The molecule has 21 heavy (non-hydrogen) atoms. The minimum absolute atomic E-state index is 0.679. The number of ether oxygens (including phenoxy) is 1. The summed E-state index contributed by atoms with van der Waals surface area (Å²) in [7, 11) is 2.13. The van der Waals surface area contributed by atoms with Gasteiger partial charge in [0.1, 0.15) is 0 Å². The normalized spacial score (nSPS) is 31.2. The number of hydrogen-bond acceptors (Lipinski definition) is 3. The molecule has 3 rings (SSSR count). The number of thioether (sulfide) groups is 1. The van der Waals surface area contributed by atoms with Gasteiger partial charge in [0.15, 0.2) is 0 Å². The van der Waals surface area contributed by atoms with Crippen molar-refractivity contribution in [2.75, 3.05) is 20.3 Å². The van der Waals surface area contributed by atoms with Gasteiger partial charge in [-0.25, -0.2) is 0 Å². The van der Waals surface area contributed by atoms with E-state index in [4.69, 9.17) is 4.74 Å². The van der Waals surface area contributed by atoms with Crippen LogP contribution in [0, 0.1) is 0 Å². The third kappa shape index (κ3) is 4.02. The maximum atomic E-state index is 5.50. The highest BCUT2D eigenvalue weighted by Crippen LogP contribution is 2.41. The second kappa shape index (κ2) is 7.66. The summed E-state index contributed by atoms with van der Waals surface area (Å²) >= 11 is 2.23. The lowest BCUT2D eigenvalue weighted by molar-refractivity contribution is 0.0998. The first-order valence-electron chi connectivity index (χ1n) is 8.32. The lowest BCUT2D eigenvalue weighted by Gasteiger charge is -2.38. The Balaban J connectivity index is 1.64. The Labute approximate surface area is 133 Å². The molecule has 1 N–H and O–H groups in total. The van der Waals surface area contributed by atoms with Crippen molar-refractivity contribution in [1.29, 1.82) is 0 Å². The Morgan fingerprint density at radius 1 is 1.05 bits per heavy atom.